The van der Waals surface area contributed by atoms with E-state index in [2.05, 4.69) is 19.1 Å². The Labute approximate surface area is 172 Å². The predicted molar refractivity (Wildman–Crippen MR) is 112 cm³/mol. The summed E-state index contributed by atoms with van der Waals surface area (Å²) >= 11 is 0. The van der Waals surface area contributed by atoms with E-state index < -0.39 is 0 Å². The zero-order valence-corrected chi connectivity index (χ0v) is 18.2. The van der Waals surface area contributed by atoms with Gasteiger partial charge in [0.25, 0.3) is 0 Å². The Balaban J connectivity index is 1.26. The fourth-order valence-corrected chi connectivity index (χ4v) is 4.91. The van der Waals surface area contributed by atoms with Gasteiger partial charge in [-0.25, -0.2) is 0 Å². The fourth-order valence-electron chi connectivity index (χ4n) is 4.91. The molecule has 0 bridgehead atoms. The third-order valence-electron chi connectivity index (χ3n) is 6.75. The van der Waals surface area contributed by atoms with E-state index in [-0.39, 0.29) is 12.6 Å². The van der Waals surface area contributed by atoms with Crippen molar-refractivity contribution in [2.24, 2.45) is 23.7 Å². The maximum absolute atomic E-state index is 6.14. The zero-order chi connectivity index (χ0) is 19.6. The number of rotatable bonds is 9. The predicted octanol–water partition coefficient (Wildman–Crippen LogP) is 5.71. The maximum Gasteiger partial charge on any atom is 0.160 e. The fraction of sp³-hybridized carbons (Fsp3) is 0.917. The second-order valence-corrected chi connectivity index (χ2v) is 9.14. The molecule has 1 aliphatic carbocycles. The molecule has 0 atom stereocenters. The van der Waals surface area contributed by atoms with Crippen molar-refractivity contribution in [3.8, 4) is 0 Å². The van der Waals surface area contributed by atoms with E-state index in [0.29, 0.717) is 17.8 Å². The molecule has 28 heavy (non-hydrogen) atoms. The summed E-state index contributed by atoms with van der Waals surface area (Å²) in [5, 5.41) is 0. The molecule has 0 radical (unpaired) electrons. The lowest BCUT2D eigenvalue weighted by Gasteiger charge is -2.38. The molecular weight excluding hydrogens is 352 g/mol. The van der Waals surface area contributed by atoms with E-state index in [4.69, 9.17) is 18.9 Å². The largest absolute Gasteiger partial charge is 0.352 e. The van der Waals surface area contributed by atoms with Crippen LogP contribution in [0.1, 0.15) is 78.1 Å². The highest BCUT2D eigenvalue weighted by Crippen LogP contribution is 2.36. The molecule has 0 aromatic carbocycles. The molecule has 3 rings (SSSR count). The van der Waals surface area contributed by atoms with Gasteiger partial charge in [-0.2, -0.15) is 0 Å². The van der Waals surface area contributed by atoms with Crippen molar-refractivity contribution in [1.82, 2.24) is 0 Å². The van der Waals surface area contributed by atoms with Gasteiger partial charge in [-0.3, -0.25) is 0 Å². The number of hydrogen-bond donors (Lipinski definition) is 0. The van der Waals surface area contributed by atoms with Gasteiger partial charge in [0, 0.05) is 17.8 Å². The van der Waals surface area contributed by atoms with Gasteiger partial charge < -0.3 is 18.9 Å². The Morgan fingerprint density at radius 3 is 2.11 bits per heavy atom. The Hall–Kier alpha value is -0.420. The molecule has 2 aliphatic heterocycles. The van der Waals surface area contributed by atoms with Gasteiger partial charge >= 0.3 is 0 Å². The Kier molecular flexibility index (Phi) is 9.79. The summed E-state index contributed by atoms with van der Waals surface area (Å²) in [4.78, 5) is 0. The lowest BCUT2D eigenvalue weighted by Crippen LogP contribution is -2.39. The lowest BCUT2D eigenvalue weighted by atomic mass is 9.79. The van der Waals surface area contributed by atoms with E-state index in [1.54, 1.807) is 0 Å². The second kappa shape index (κ2) is 12.3. The minimum atomic E-state index is -0.0535. The first-order valence-electron chi connectivity index (χ1n) is 11.9. The molecule has 0 aromatic heterocycles. The first-order chi connectivity index (χ1) is 13.8. The topological polar surface area (TPSA) is 36.9 Å². The van der Waals surface area contributed by atoms with Crippen LogP contribution in [0.25, 0.3) is 0 Å². The van der Waals surface area contributed by atoms with Crippen LogP contribution in [0.15, 0.2) is 12.2 Å². The molecule has 4 heteroatoms. The van der Waals surface area contributed by atoms with E-state index in [1.807, 2.05) is 6.92 Å². The molecule has 1 saturated carbocycles. The third-order valence-corrected chi connectivity index (χ3v) is 6.75. The van der Waals surface area contributed by atoms with Crippen LogP contribution in [0, 0.1) is 23.7 Å². The van der Waals surface area contributed by atoms with Gasteiger partial charge in [0.1, 0.15) is 0 Å². The van der Waals surface area contributed by atoms with E-state index in [1.165, 1.54) is 51.4 Å². The summed E-state index contributed by atoms with van der Waals surface area (Å²) < 4.78 is 24.0. The van der Waals surface area contributed by atoms with Crippen LogP contribution in [0.2, 0.25) is 0 Å². The average molecular weight is 395 g/mol. The van der Waals surface area contributed by atoms with Crippen LogP contribution in [-0.2, 0) is 18.9 Å². The van der Waals surface area contributed by atoms with Gasteiger partial charge in [0.2, 0.25) is 0 Å². The summed E-state index contributed by atoms with van der Waals surface area (Å²) in [5.74, 6) is 2.44. The SMILES string of the molecule is C/C=C/[C@H]1CO[C@H](CC[C@H]2CO[C@H]([C@H]3CC[C@H](CCCCC)CC3)OC2)OC1. The van der Waals surface area contributed by atoms with Crippen molar-refractivity contribution in [2.75, 3.05) is 26.4 Å². The van der Waals surface area contributed by atoms with E-state index in [9.17, 15) is 0 Å². The summed E-state index contributed by atoms with van der Waals surface area (Å²) in [6, 6.07) is 0. The molecule has 0 N–H and O–H groups in total. The van der Waals surface area contributed by atoms with Crippen LogP contribution in [0.4, 0.5) is 0 Å². The molecule has 2 saturated heterocycles. The normalized spacial score (nSPS) is 37.4. The van der Waals surface area contributed by atoms with E-state index in [0.717, 1.165) is 45.2 Å². The van der Waals surface area contributed by atoms with Crippen LogP contribution in [0.3, 0.4) is 0 Å². The van der Waals surface area contributed by atoms with Gasteiger partial charge in [0.15, 0.2) is 12.6 Å². The average Bonchev–Trinajstić information content (AvgIpc) is 2.75. The van der Waals surface area contributed by atoms with Crippen molar-refractivity contribution in [2.45, 2.75) is 90.6 Å². The molecule has 0 aromatic rings. The number of allylic oxidation sites excluding steroid dienone is 1. The number of hydrogen-bond acceptors (Lipinski definition) is 4. The van der Waals surface area contributed by atoms with Gasteiger partial charge in [-0.1, -0.05) is 44.8 Å². The second-order valence-electron chi connectivity index (χ2n) is 9.14. The van der Waals surface area contributed by atoms with Crippen LogP contribution < -0.4 is 0 Å². The van der Waals surface area contributed by atoms with Crippen LogP contribution in [0.5, 0.6) is 0 Å². The molecule has 0 spiro atoms. The third kappa shape index (κ3) is 7.12. The van der Waals surface area contributed by atoms with Gasteiger partial charge in [-0.05, 0) is 51.4 Å². The van der Waals surface area contributed by atoms with Crippen LogP contribution >= 0.6 is 0 Å². The van der Waals surface area contributed by atoms with E-state index >= 15 is 0 Å². The Bertz CT molecular complexity index is 428. The zero-order valence-electron chi connectivity index (χ0n) is 18.2. The van der Waals surface area contributed by atoms with Crippen molar-refractivity contribution in [1.29, 1.82) is 0 Å². The first-order valence-corrected chi connectivity index (χ1v) is 11.9. The van der Waals surface area contributed by atoms with Gasteiger partial charge in [-0.15, -0.1) is 0 Å². The standard InChI is InChI=1S/C24H42O4/c1-3-5-6-8-19-9-12-22(13-10-19)24-27-17-21(18-28-24)11-14-23-25-15-20(7-4-2)16-26-23/h4,7,19-24H,3,5-6,8-18H2,1-2H3/b7-4+/t19-,20-,21-,22-,23-,24-. The monoisotopic (exact) mass is 394 g/mol. The molecule has 2 heterocycles. The van der Waals surface area contributed by atoms with Crippen molar-refractivity contribution in [3.63, 3.8) is 0 Å². The van der Waals surface area contributed by atoms with Crippen LogP contribution in [-0.4, -0.2) is 39.0 Å². The first kappa shape index (κ1) is 22.3. The summed E-state index contributed by atoms with van der Waals surface area (Å²) in [7, 11) is 0. The highest BCUT2D eigenvalue weighted by Gasteiger charge is 2.32. The maximum atomic E-state index is 6.14. The summed E-state index contributed by atoms with van der Waals surface area (Å²) in [6.45, 7) is 7.54. The minimum absolute atomic E-state index is 0.0385. The molecule has 3 fully saturated rings. The molecule has 3 aliphatic rings. The lowest BCUT2D eigenvalue weighted by molar-refractivity contribution is -0.235. The Morgan fingerprint density at radius 2 is 1.46 bits per heavy atom. The molecular formula is C24H42O4. The smallest absolute Gasteiger partial charge is 0.160 e. The summed E-state index contributed by atoms with van der Waals surface area (Å²) in [5.41, 5.74) is 0. The minimum Gasteiger partial charge on any atom is -0.352 e. The number of unbranched alkanes of at least 4 members (excludes halogenated alkanes) is 2. The van der Waals surface area contributed by atoms with Gasteiger partial charge in [0.05, 0.1) is 26.4 Å². The van der Waals surface area contributed by atoms with Crippen molar-refractivity contribution < 1.29 is 18.9 Å². The van der Waals surface area contributed by atoms with Crippen molar-refractivity contribution >= 4 is 0 Å². The number of ether oxygens (including phenoxy) is 4. The van der Waals surface area contributed by atoms with Crippen molar-refractivity contribution in [3.05, 3.63) is 12.2 Å². The quantitative estimate of drug-likeness (QED) is 0.371. The molecule has 0 amide bonds. The molecule has 162 valence electrons. The molecule has 4 nitrogen and oxygen atoms in total. The highest BCUT2D eigenvalue weighted by molar-refractivity contribution is 4.86. The Morgan fingerprint density at radius 1 is 0.750 bits per heavy atom. The summed E-state index contributed by atoms with van der Waals surface area (Å²) in [6.07, 6.45) is 17.1. The highest BCUT2D eigenvalue weighted by atomic mass is 16.7. The molecule has 0 unspecified atom stereocenters.